The number of rotatable bonds is 3. The Labute approximate surface area is 95.2 Å². The van der Waals surface area contributed by atoms with E-state index in [1.165, 1.54) is 6.26 Å². The molecule has 0 aliphatic rings. The van der Waals surface area contributed by atoms with Crippen LogP contribution in [0.15, 0.2) is 24.3 Å². The quantitative estimate of drug-likeness (QED) is 0.886. The molecule has 2 N–H and O–H groups in total. The molecule has 0 spiro atoms. The summed E-state index contributed by atoms with van der Waals surface area (Å²) in [5.74, 6) is 0. The van der Waals surface area contributed by atoms with E-state index in [-0.39, 0.29) is 0 Å². The van der Waals surface area contributed by atoms with E-state index < -0.39 is 21.1 Å². The van der Waals surface area contributed by atoms with Crippen molar-refractivity contribution in [2.75, 3.05) is 6.26 Å². The van der Waals surface area contributed by atoms with E-state index in [9.17, 15) is 8.42 Å². The highest BCUT2D eigenvalue weighted by Crippen LogP contribution is 2.20. The number of benzene rings is 1. The van der Waals surface area contributed by atoms with Gasteiger partial charge in [-0.25, -0.2) is 8.42 Å². The summed E-state index contributed by atoms with van der Waals surface area (Å²) < 4.78 is 22.6. The van der Waals surface area contributed by atoms with E-state index in [0.717, 1.165) is 5.56 Å². The lowest BCUT2D eigenvalue weighted by molar-refractivity contribution is 0.571. The molecule has 5 heteroatoms. The van der Waals surface area contributed by atoms with Gasteiger partial charge in [-0.1, -0.05) is 23.7 Å². The molecule has 0 heterocycles. The molecular formula is C10H14ClNO2S. The lowest BCUT2D eigenvalue weighted by Crippen LogP contribution is -2.30. The molecule has 0 bridgehead atoms. The van der Waals surface area contributed by atoms with E-state index in [4.69, 9.17) is 17.3 Å². The maximum atomic E-state index is 11.3. The third kappa shape index (κ3) is 3.19. The molecular weight excluding hydrogens is 234 g/mol. The molecule has 3 nitrogen and oxygen atoms in total. The van der Waals surface area contributed by atoms with Gasteiger partial charge in [0.1, 0.15) is 0 Å². The third-order valence-electron chi connectivity index (χ3n) is 2.44. The molecule has 84 valence electrons. The van der Waals surface area contributed by atoms with E-state index in [1.54, 1.807) is 31.2 Å². The van der Waals surface area contributed by atoms with Crippen molar-refractivity contribution in [1.29, 1.82) is 0 Å². The molecule has 0 saturated carbocycles. The van der Waals surface area contributed by atoms with Crippen molar-refractivity contribution in [2.45, 2.75) is 18.2 Å². The molecule has 0 aliphatic heterocycles. The van der Waals surface area contributed by atoms with Gasteiger partial charge < -0.3 is 5.73 Å². The summed E-state index contributed by atoms with van der Waals surface area (Å²) >= 11 is 5.73. The monoisotopic (exact) mass is 247 g/mol. The number of nitrogens with two attached hydrogens (primary N) is 1. The first-order valence-corrected chi connectivity index (χ1v) is 6.85. The van der Waals surface area contributed by atoms with Crippen LogP contribution in [0.2, 0.25) is 5.02 Å². The summed E-state index contributed by atoms with van der Waals surface area (Å²) in [7, 11) is -3.12. The zero-order valence-corrected chi connectivity index (χ0v) is 10.2. The molecule has 0 saturated heterocycles. The van der Waals surface area contributed by atoms with Crippen molar-refractivity contribution in [3.8, 4) is 0 Å². The fraction of sp³-hybridized carbons (Fsp3) is 0.400. The van der Waals surface area contributed by atoms with E-state index in [1.807, 2.05) is 0 Å². The Bertz CT molecular complexity index is 427. The molecule has 1 aromatic carbocycles. The van der Waals surface area contributed by atoms with Crippen LogP contribution in [0.5, 0.6) is 0 Å². The van der Waals surface area contributed by atoms with Gasteiger partial charge in [-0.05, 0) is 24.6 Å². The van der Waals surface area contributed by atoms with Crippen LogP contribution in [0.25, 0.3) is 0 Å². The maximum Gasteiger partial charge on any atom is 0.151 e. The second kappa shape index (κ2) is 4.51. The summed E-state index contributed by atoms with van der Waals surface area (Å²) in [6.07, 6.45) is 1.19. The second-order valence-electron chi connectivity index (χ2n) is 3.61. The highest BCUT2D eigenvalue weighted by molar-refractivity contribution is 7.91. The third-order valence-corrected chi connectivity index (χ3v) is 4.33. The van der Waals surface area contributed by atoms with E-state index >= 15 is 0 Å². The van der Waals surface area contributed by atoms with Crippen molar-refractivity contribution in [2.24, 2.45) is 5.73 Å². The van der Waals surface area contributed by atoms with Crippen LogP contribution in [0, 0.1) is 0 Å². The molecule has 0 aliphatic carbocycles. The minimum Gasteiger partial charge on any atom is -0.323 e. The number of hydrogen-bond acceptors (Lipinski definition) is 3. The van der Waals surface area contributed by atoms with Crippen LogP contribution in [0.1, 0.15) is 18.5 Å². The summed E-state index contributed by atoms with van der Waals surface area (Å²) in [6, 6.07) is 6.37. The Hall–Kier alpha value is -0.580. The fourth-order valence-electron chi connectivity index (χ4n) is 1.22. The van der Waals surface area contributed by atoms with Gasteiger partial charge in [0, 0.05) is 17.3 Å². The van der Waals surface area contributed by atoms with Gasteiger partial charge in [0.25, 0.3) is 0 Å². The molecule has 0 amide bonds. The van der Waals surface area contributed by atoms with Crippen molar-refractivity contribution in [3.05, 3.63) is 34.9 Å². The maximum absolute atomic E-state index is 11.3. The van der Waals surface area contributed by atoms with Gasteiger partial charge in [0.15, 0.2) is 9.84 Å². The first kappa shape index (κ1) is 12.5. The van der Waals surface area contributed by atoms with Crippen molar-refractivity contribution in [1.82, 2.24) is 0 Å². The zero-order chi connectivity index (χ0) is 11.6. The first-order chi connectivity index (χ1) is 6.82. The Balaban J connectivity index is 2.95. The molecule has 0 aromatic heterocycles. The van der Waals surface area contributed by atoms with Crippen molar-refractivity contribution in [3.63, 3.8) is 0 Å². The average Bonchev–Trinajstić information content (AvgIpc) is 2.15. The van der Waals surface area contributed by atoms with Crippen LogP contribution in [0.3, 0.4) is 0 Å². The average molecular weight is 248 g/mol. The highest BCUT2D eigenvalue weighted by Gasteiger charge is 2.23. The van der Waals surface area contributed by atoms with Crippen LogP contribution >= 0.6 is 11.6 Å². The molecule has 0 unspecified atom stereocenters. The van der Waals surface area contributed by atoms with Gasteiger partial charge in [0.2, 0.25) is 0 Å². The number of halogens is 1. The molecule has 1 aromatic rings. The second-order valence-corrected chi connectivity index (χ2v) is 6.45. The largest absolute Gasteiger partial charge is 0.323 e. The van der Waals surface area contributed by atoms with Crippen molar-refractivity contribution >= 4 is 21.4 Å². The Kier molecular flexibility index (Phi) is 3.76. The Morgan fingerprint density at radius 1 is 1.27 bits per heavy atom. The lowest BCUT2D eigenvalue weighted by Gasteiger charge is -2.18. The summed E-state index contributed by atoms with van der Waals surface area (Å²) in [4.78, 5) is 0. The topological polar surface area (TPSA) is 60.2 Å². The minimum atomic E-state index is -3.12. The molecule has 0 radical (unpaired) electrons. The van der Waals surface area contributed by atoms with Crippen LogP contribution < -0.4 is 5.73 Å². The molecule has 1 rings (SSSR count). The zero-order valence-electron chi connectivity index (χ0n) is 8.64. The van der Waals surface area contributed by atoms with Crippen LogP contribution in [-0.4, -0.2) is 19.9 Å². The molecule has 15 heavy (non-hydrogen) atoms. The highest BCUT2D eigenvalue weighted by atomic mass is 35.5. The molecule has 2 atom stereocenters. The predicted molar refractivity (Wildman–Crippen MR) is 62.7 cm³/mol. The van der Waals surface area contributed by atoms with Gasteiger partial charge in [0.05, 0.1) is 5.25 Å². The van der Waals surface area contributed by atoms with Gasteiger partial charge in [-0.2, -0.15) is 0 Å². The number of hydrogen-bond donors (Lipinski definition) is 1. The van der Waals surface area contributed by atoms with Crippen LogP contribution in [-0.2, 0) is 9.84 Å². The standard InChI is InChI=1S/C10H14ClNO2S/c1-7(15(2,13)14)10(12)8-3-5-9(11)6-4-8/h3-7,10H,12H2,1-2H3/t7-,10-/m0/s1. The minimum absolute atomic E-state index is 0.516. The van der Waals surface area contributed by atoms with Crippen LogP contribution in [0.4, 0.5) is 0 Å². The SMILES string of the molecule is C[C@@H]([C@H](N)c1ccc(Cl)cc1)S(C)(=O)=O. The first-order valence-electron chi connectivity index (χ1n) is 4.52. The normalized spacial score (nSPS) is 16.0. The Morgan fingerprint density at radius 3 is 2.13 bits per heavy atom. The van der Waals surface area contributed by atoms with E-state index in [2.05, 4.69) is 0 Å². The van der Waals surface area contributed by atoms with Crippen molar-refractivity contribution < 1.29 is 8.42 Å². The van der Waals surface area contributed by atoms with E-state index in [0.29, 0.717) is 5.02 Å². The van der Waals surface area contributed by atoms with Gasteiger partial charge in [-0.15, -0.1) is 0 Å². The fourth-order valence-corrected chi connectivity index (χ4v) is 2.04. The predicted octanol–water partition coefficient (Wildman–Crippen LogP) is 1.77. The summed E-state index contributed by atoms with van der Waals surface area (Å²) in [5.41, 5.74) is 6.63. The molecule has 0 fully saturated rings. The Morgan fingerprint density at radius 2 is 1.73 bits per heavy atom. The summed E-state index contributed by atoms with van der Waals surface area (Å²) in [6.45, 7) is 1.61. The van der Waals surface area contributed by atoms with Gasteiger partial charge in [-0.3, -0.25) is 0 Å². The number of sulfone groups is 1. The summed E-state index contributed by atoms with van der Waals surface area (Å²) in [5, 5.41) is 0.0108. The van der Waals surface area contributed by atoms with Gasteiger partial charge >= 0.3 is 0 Å². The smallest absolute Gasteiger partial charge is 0.151 e. The lowest BCUT2D eigenvalue weighted by atomic mass is 10.1.